The second-order valence-electron chi connectivity index (χ2n) is 5.25. The van der Waals surface area contributed by atoms with Crippen molar-refractivity contribution in [3.8, 4) is 0 Å². The van der Waals surface area contributed by atoms with E-state index in [1.807, 2.05) is 12.1 Å². The van der Waals surface area contributed by atoms with E-state index >= 15 is 0 Å². The zero-order chi connectivity index (χ0) is 15.4. The molecule has 7 nitrogen and oxygen atoms in total. The van der Waals surface area contributed by atoms with Gasteiger partial charge in [-0.05, 0) is 18.7 Å². The van der Waals surface area contributed by atoms with Gasteiger partial charge in [0.05, 0.1) is 11.9 Å². The Labute approximate surface area is 130 Å². The number of pyridine rings is 1. The van der Waals surface area contributed by atoms with Crippen LogP contribution >= 0.6 is 0 Å². The van der Waals surface area contributed by atoms with Crippen LogP contribution < -0.4 is 16.0 Å². The standard InChI is InChI=1S/C15H21N7/c1-2-21-6-8-22(9-7-21)15-13(16)14(18-11-19-15)20-12-4-3-5-17-10-12/h3-5,10-11H,2,6-9,16H2,1H3,(H,18,19,20). The Morgan fingerprint density at radius 3 is 2.73 bits per heavy atom. The maximum absolute atomic E-state index is 6.27. The van der Waals surface area contributed by atoms with Crippen LogP contribution in [0.2, 0.25) is 0 Å². The van der Waals surface area contributed by atoms with Crippen LogP contribution in [0.25, 0.3) is 0 Å². The first kappa shape index (κ1) is 14.5. The van der Waals surface area contributed by atoms with Crippen LogP contribution in [0.3, 0.4) is 0 Å². The molecule has 1 saturated heterocycles. The predicted octanol–water partition coefficient (Wildman–Crippen LogP) is 1.34. The van der Waals surface area contributed by atoms with Gasteiger partial charge in [-0.15, -0.1) is 0 Å². The van der Waals surface area contributed by atoms with E-state index in [4.69, 9.17) is 5.73 Å². The Kier molecular flexibility index (Phi) is 4.34. The summed E-state index contributed by atoms with van der Waals surface area (Å²) in [5, 5.41) is 3.20. The number of piperazine rings is 1. The summed E-state index contributed by atoms with van der Waals surface area (Å²) in [6.07, 6.45) is 5.02. The number of aromatic nitrogens is 3. The highest BCUT2D eigenvalue weighted by molar-refractivity contribution is 5.78. The molecule has 0 radical (unpaired) electrons. The number of nitrogen functional groups attached to an aromatic ring is 1. The molecule has 1 aliphatic rings. The van der Waals surface area contributed by atoms with E-state index < -0.39 is 0 Å². The summed E-state index contributed by atoms with van der Waals surface area (Å²) in [6.45, 7) is 7.20. The van der Waals surface area contributed by atoms with Gasteiger partial charge in [-0.25, -0.2) is 9.97 Å². The maximum Gasteiger partial charge on any atom is 0.159 e. The average Bonchev–Trinajstić information content (AvgIpc) is 2.58. The molecule has 0 spiro atoms. The second-order valence-corrected chi connectivity index (χ2v) is 5.25. The van der Waals surface area contributed by atoms with Crippen molar-refractivity contribution >= 4 is 23.0 Å². The van der Waals surface area contributed by atoms with Crippen LogP contribution in [0, 0.1) is 0 Å². The molecular weight excluding hydrogens is 278 g/mol. The number of hydrogen-bond acceptors (Lipinski definition) is 7. The normalized spacial score (nSPS) is 15.8. The lowest BCUT2D eigenvalue weighted by molar-refractivity contribution is 0.270. The number of rotatable bonds is 4. The first-order valence-electron chi connectivity index (χ1n) is 7.52. The molecule has 2 aromatic heterocycles. The van der Waals surface area contributed by atoms with Crippen LogP contribution in [-0.2, 0) is 0 Å². The number of anilines is 4. The lowest BCUT2D eigenvalue weighted by Crippen LogP contribution is -2.46. The van der Waals surface area contributed by atoms with Crippen molar-refractivity contribution in [2.24, 2.45) is 0 Å². The highest BCUT2D eigenvalue weighted by Gasteiger charge is 2.20. The minimum absolute atomic E-state index is 0.580. The van der Waals surface area contributed by atoms with E-state index in [0.29, 0.717) is 11.5 Å². The van der Waals surface area contributed by atoms with Gasteiger partial charge >= 0.3 is 0 Å². The molecule has 3 rings (SSSR count). The Hall–Kier alpha value is -2.41. The topological polar surface area (TPSA) is 83.2 Å². The Balaban J connectivity index is 1.77. The van der Waals surface area contributed by atoms with Crippen molar-refractivity contribution in [3.05, 3.63) is 30.9 Å². The fraction of sp³-hybridized carbons (Fsp3) is 0.400. The van der Waals surface area contributed by atoms with Gasteiger partial charge in [-0.3, -0.25) is 4.98 Å². The number of nitrogens with one attached hydrogen (secondary N) is 1. The Bertz CT molecular complexity index is 609. The number of likely N-dealkylation sites (N-methyl/N-ethyl adjacent to an activating group) is 1. The molecule has 0 aromatic carbocycles. The summed E-state index contributed by atoms with van der Waals surface area (Å²) < 4.78 is 0. The SMILES string of the molecule is CCN1CCN(c2ncnc(Nc3cccnc3)c2N)CC1. The fourth-order valence-corrected chi connectivity index (χ4v) is 2.59. The fourth-order valence-electron chi connectivity index (χ4n) is 2.59. The van der Waals surface area contributed by atoms with Gasteiger partial charge < -0.3 is 20.9 Å². The smallest absolute Gasteiger partial charge is 0.159 e. The van der Waals surface area contributed by atoms with E-state index in [1.165, 1.54) is 0 Å². The van der Waals surface area contributed by atoms with E-state index in [1.54, 1.807) is 18.7 Å². The van der Waals surface area contributed by atoms with Crippen LogP contribution in [0.5, 0.6) is 0 Å². The largest absolute Gasteiger partial charge is 0.393 e. The quantitative estimate of drug-likeness (QED) is 0.881. The number of hydrogen-bond donors (Lipinski definition) is 2. The first-order valence-corrected chi connectivity index (χ1v) is 7.52. The number of nitrogens with two attached hydrogens (primary N) is 1. The summed E-state index contributed by atoms with van der Waals surface area (Å²) in [4.78, 5) is 17.3. The molecular formula is C15H21N7. The predicted molar refractivity (Wildman–Crippen MR) is 88.3 cm³/mol. The van der Waals surface area contributed by atoms with Crippen LogP contribution in [0.4, 0.5) is 23.0 Å². The van der Waals surface area contributed by atoms with Crippen molar-refractivity contribution in [3.63, 3.8) is 0 Å². The Morgan fingerprint density at radius 1 is 1.23 bits per heavy atom. The molecule has 7 heteroatoms. The van der Waals surface area contributed by atoms with E-state index in [9.17, 15) is 0 Å². The summed E-state index contributed by atoms with van der Waals surface area (Å²) in [6, 6.07) is 3.79. The third kappa shape index (κ3) is 3.09. The van der Waals surface area contributed by atoms with Crippen LogP contribution in [0.15, 0.2) is 30.9 Å². The van der Waals surface area contributed by atoms with Crippen LogP contribution in [0.1, 0.15) is 6.92 Å². The minimum Gasteiger partial charge on any atom is -0.393 e. The third-order valence-electron chi connectivity index (χ3n) is 3.91. The molecule has 22 heavy (non-hydrogen) atoms. The molecule has 0 saturated carbocycles. The van der Waals surface area contributed by atoms with Gasteiger partial charge in [0, 0.05) is 32.4 Å². The third-order valence-corrected chi connectivity index (χ3v) is 3.91. The summed E-state index contributed by atoms with van der Waals surface area (Å²) in [5.74, 6) is 1.42. The van der Waals surface area contributed by atoms with Gasteiger partial charge in [-0.1, -0.05) is 6.92 Å². The summed E-state index contributed by atoms with van der Waals surface area (Å²) in [7, 11) is 0. The lowest BCUT2D eigenvalue weighted by atomic mass is 10.3. The molecule has 0 bridgehead atoms. The Morgan fingerprint density at radius 2 is 2.05 bits per heavy atom. The molecule has 0 amide bonds. The van der Waals surface area contributed by atoms with Crippen molar-refractivity contribution < 1.29 is 0 Å². The summed E-state index contributed by atoms with van der Waals surface area (Å²) in [5.41, 5.74) is 7.70. The van der Waals surface area contributed by atoms with Gasteiger partial charge in [0.2, 0.25) is 0 Å². The van der Waals surface area contributed by atoms with Crippen LogP contribution in [-0.4, -0.2) is 52.6 Å². The summed E-state index contributed by atoms with van der Waals surface area (Å²) >= 11 is 0. The molecule has 0 aliphatic carbocycles. The van der Waals surface area contributed by atoms with Gasteiger partial charge in [0.25, 0.3) is 0 Å². The van der Waals surface area contributed by atoms with Crippen molar-refractivity contribution in [2.75, 3.05) is 48.7 Å². The molecule has 0 unspecified atom stereocenters. The average molecular weight is 299 g/mol. The highest BCUT2D eigenvalue weighted by Crippen LogP contribution is 2.28. The second kappa shape index (κ2) is 6.57. The van der Waals surface area contributed by atoms with Crippen molar-refractivity contribution in [1.82, 2.24) is 19.9 Å². The molecule has 2 aromatic rings. The molecule has 116 valence electrons. The first-order chi connectivity index (χ1) is 10.8. The highest BCUT2D eigenvalue weighted by atomic mass is 15.3. The zero-order valence-electron chi connectivity index (χ0n) is 12.7. The zero-order valence-corrected chi connectivity index (χ0v) is 12.7. The molecule has 1 fully saturated rings. The molecule has 1 aliphatic heterocycles. The van der Waals surface area contributed by atoms with Gasteiger partial charge in [0.1, 0.15) is 12.0 Å². The van der Waals surface area contributed by atoms with Gasteiger partial charge in [-0.2, -0.15) is 0 Å². The minimum atomic E-state index is 0.580. The van der Waals surface area contributed by atoms with Crippen molar-refractivity contribution in [2.45, 2.75) is 6.92 Å². The van der Waals surface area contributed by atoms with Gasteiger partial charge in [0.15, 0.2) is 11.6 Å². The van der Waals surface area contributed by atoms with E-state index in [0.717, 1.165) is 44.2 Å². The van der Waals surface area contributed by atoms with Crippen molar-refractivity contribution in [1.29, 1.82) is 0 Å². The maximum atomic E-state index is 6.27. The lowest BCUT2D eigenvalue weighted by Gasteiger charge is -2.35. The molecule has 3 heterocycles. The molecule has 3 N–H and O–H groups in total. The van der Waals surface area contributed by atoms with E-state index in [2.05, 4.69) is 37.0 Å². The number of nitrogens with zero attached hydrogens (tertiary/aromatic N) is 5. The van der Waals surface area contributed by atoms with E-state index in [-0.39, 0.29) is 0 Å². The monoisotopic (exact) mass is 299 g/mol. The molecule has 0 atom stereocenters.